The van der Waals surface area contributed by atoms with Crippen molar-refractivity contribution in [3.05, 3.63) is 34.9 Å². The number of carbonyl (C=O) groups is 2. The molecule has 2 atom stereocenters. The third kappa shape index (κ3) is 4.07. The molecule has 0 saturated carbocycles. The van der Waals surface area contributed by atoms with Crippen molar-refractivity contribution in [2.24, 2.45) is 5.73 Å². The van der Waals surface area contributed by atoms with E-state index in [1.165, 1.54) is 16.7 Å². The molecule has 3 N–H and O–H groups in total. The zero-order valence-electron chi connectivity index (χ0n) is 15.8. The molecule has 0 spiro atoms. The van der Waals surface area contributed by atoms with Crippen molar-refractivity contribution in [2.75, 3.05) is 26.2 Å². The van der Waals surface area contributed by atoms with Crippen LogP contribution in [0.2, 0.25) is 0 Å². The number of unbranched alkanes of at least 4 members (excludes halogenated alkanes) is 1. The SMILES string of the molecule is Cc1ccc(C)c(CN2CCN3C(=O)[C@H](CCCCN)NC(=O)[C@H]3C2)c1. The number of carbonyl (C=O) groups excluding carboxylic acids is 2. The molecule has 0 aromatic heterocycles. The molecule has 0 unspecified atom stereocenters. The van der Waals surface area contributed by atoms with Gasteiger partial charge >= 0.3 is 0 Å². The van der Waals surface area contributed by atoms with Crippen LogP contribution in [0.3, 0.4) is 0 Å². The minimum absolute atomic E-state index is 0.0204. The number of hydrogen-bond donors (Lipinski definition) is 2. The lowest BCUT2D eigenvalue weighted by molar-refractivity contribution is -0.153. The first kappa shape index (κ1) is 18.9. The lowest BCUT2D eigenvalue weighted by atomic mass is 9.99. The smallest absolute Gasteiger partial charge is 0.245 e. The molecule has 2 saturated heterocycles. The van der Waals surface area contributed by atoms with Gasteiger partial charge in [0.2, 0.25) is 11.8 Å². The summed E-state index contributed by atoms with van der Waals surface area (Å²) < 4.78 is 0. The summed E-state index contributed by atoms with van der Waals surface area (Å²) in [5.74, 6) is 0.0472. The number of rotatable bonds is 6. The van der Waals surface area contributed by atoms with Crippen LogP contribution >= 0.6 is 0 Å². The lowest BCUT2D eigenvalue weighted by Crippen LogP contribution is -2.69. The van der Waals surface area contributed by atoms with E-state index in [4.69, 9.17) is 5.73 Å². The van der Waals surface area contributed by atoms with E-state index in [1.54, 1.807) is 4.90 Å². The first-order valence-electron chi connectivity index (χ1n) is 9.59. The van der Waals surface area contributed by atoms with Crippen LogP contribution in [0.5, 0.6) is 0 Å². The average molecular weight is 358 g/mol. The molecule has 2 fully saturated rings. The molecule has 2 aliphatic rings. The van der Waals surface area contributed by atoms with Crippen molar-refractivity contribution in [1.82, 2.24) is 15.1 Å². The minimum Gasteiger partial charge on any atom is -0.342 e. The summed E-state index contributed by atoms with van der Waals surface area (Å²) in [7, 11) is 0. The summed E-state index contributed by atoms with van der Waals surface area (Å²) in [6.45, 7) is 7.68. The number of nitrogens with zero attached hydrogens (tertiary/aromatic N) is 2. The van der Waals surface area contributed by atoms with E-state index in [-0.39, 0.29) is 23.9 Å². The Morgan fingerprint density at radius 1 is 1.19 bits per heavy atom. The van der Waals surface area contributed by atoms with Crippen LogP contribution < -0.4 is 11.1 Å². The highest BCUT2D eigenvalue weighted by Gasteiger charge is 2.42. The molecule has 6 nitrogen and oxygen atoms in total. The van der Waals surface area contributed by atoms with Crippen LogP contribution in [0.4, 0.5) is 0 Å². The van der Waals surface area contributed by atoms with Crippen molar-refractivity contribution in [1.29, 1.82) is 0 Å². The van der Waals surface area contributed by atoms with Gasteiger partial charge in [-0.3, -0.25) is 14.5 Å². The van der Waals surface area contributed by atoms with E-state index in [0.717, 1.165) is 25.9 Å². The van der Waals surface area contributed by atoms with Gasteiger partial charge < -0.3 is 16.0 Å². The molecule has 26 heavy (non-hydrogen) atoms. The zero-order chi connectivity index (χ0) is 18.7. The Hall–Kier alpha value is -1.92. The molecule has 2 heterocycles. The Kier molecular flexibility index (Phi) is 5.94. The first-order chi connectivity index (χ1) is 12.5. The second kappa shape index (κ2) is 8.18. The Morgan fingerprint density at radius 2 is 2.00 bits per heavy atom. The fourth-order valence-electron chi connectivity index (χ4n) is 3.90. The van der Waals surface area contributed by atoms with Gasteiger partial charge in [0.15, 0.2) is 0 Å². The number of amides is 2. The summed E-state index contributed by atoms with van der Waals surface area (Å²) in [4.78, 5) is 29.4. The molecular weight excluding hydrogens is 328 g/mol. The number of piperazine rings is 2. The minimum atomic E-state index is -0.379. The summed E-state index contributed by atoms with van der Waals surface area (Å²) in [6.07, 6.45) is 2.42. The normalized spacial score (nSPS) is 23.7. The Bertz CT molecular complexity index is 676. The molecule has 3 rings (SSSR count). The van der Waals surface area contributed by atoms with Crippen LogP contribution in [-0.2, 0) is 16.1 Å². The Morgan fingerprint density at radius 3 is 2.77 bits per heavy atom. The maximum Gasteiger partial charge on any atom is 0.245 e. The van der Waals surface area contributed by atoms with Crippen LogP contribution in [0, 0.1) is 13.8 Å². The van der Waals surface area contributed by atoms with Crippen molar-refractivity contribution in [3.63, 3.8) is 0 Å². The molecule has 0 bridgehead atoms. The molecular formula is C20H30N4O2. The molecule has 1 aromatic carbocycles. The van der Waals surface area contributed by atoms with Crippen LogP contribution in [-0.4, -0.2) is 59.9 Å². The van der Waals surface area contributed by atoms with E-state index in [1.807, 2.05) is 0 Å². The third-order valence-corrected chi connectivity index (χ3v) is 5.51. The van der Waals surface area contributed by atoms with Gasteiger partial charge in [0, 0.05) is 26.2 Å². The average Bonchev–Trinajstić information content (AvgIpc) is 2.62. The molecule has 2 amide bonds. The van der Waals surface area contributed by atoms with E-state index in [0.29, 0.717) is 26.1 Å². The second-order valence-electron chi connectivity index (χ2n) is 7.56. The van der Waals surface area contributed by atoms with Crippen molar-refractivity contribution >= 4 is 11.8 Å². The number of benzene rings is 1. The van der Waals surface area contributed by atoms with Crippen LogP contribution in [0.25, 0.3) is 0 Å². The maximum absolute atomic E-state index is 12.7. The fourth-order valence-corrected chi connectivity index (χ4v) is 3.90. The number of fused-ring (bicyclic) bond motifs is 1. The van der Waals surface area contributed by atoms with Gasteiger partial charge in [0.05, 0.1) is 0 Å². The number of nitrogens with two attached hydrogens (primary N) is 1. The number of aryl methyl sites for hydroxylation is 2. The van der Waals surface area contributed by atoms with Gasteiger partial charge in [-0.1, -0.05) is 23.8 Å². The predicted octanol–water partition coefficient (Wildman–Crippen LogP) is 0.944. The number of hydrogen-bond acceptors (Lipinski definition) is 4. The molecule has 6 heteroatoms. The van der Waals surface area contributed by atoms with Crippen molar-refractivity contribution in [3.8, 4) is 0 Å². The van der Waals surface area contributed by atoms with Gasteiger partial charge in [-0.15, -0.1) is 0 Å². The predicted molar refractivity (Wildman–Crippen MR) is 102 cm³/mol. The molecule has 0 radical (unpaired) electrons. The first-order valence-corrected chi connectivity index (χ1v) is 9.59. The summed E-state index contributed by atoms with van der Waals surface area (Å²) in [5, 5.41) is 2.93. The fraction of sp³-hybridized carbons (Fsp3) is 0.600. The van der Waals surface area contributed by atoms with Crippen molar-refractivity contribution in [2.45, 2.75) is 51.7 Å². The quantitative estimate of drug-likeness (QED) is 0.742. The standard InChI is InChI=1S/C20H30N4O2/c1-14-6-7-15(2)16(11-14)12-23-9-10-24-18(13-23)19(25)22-17(20(24)26)5-3-4-8-21/h6-7,11,17-18H,3-5,8-10,12-13,21H2,1-2H3,(H,22,25)/t17-,18+/m0/s1. The third-order valence-electron chi connectivity index (χ3n) is 5.51. The maximum atomic E-state index is 12.7. The zero-order valence-corrected chi connectivity index (χ0v) is 15.8. The van der Waals surface area contributed by atoms with Gasteiger partial charge in [-0.05, 0) is 50.8 Å². The van der Waals surface area contributed by atoms with E-state index in [2.05, 4.69) is 42.3 Å². The summed E-state index contributed by atoms with van der Waals surface area (Å²) in [6, 6.07) is 5.72. The van der Waals surface area contributed by atoms with Crippen molar-refractivity contribution < 1.29 is 9.59 Å². The highest BCUT2D eigenvalue weighted by molar-refractivity contribution is 5.97. The van der Waals surface area contributed by atoms with Gasteiger partial charge in [-0.2, -0.15) is 0 Å². The largest absolute Gasteiger partial charge is 0.342 e. The van der Waals surface area contributed by atoms with Gasteiger partial charge in [-0.25, -0.2) is 0 Å². The Balaban J connectivity index is 1.63. The number of nitrogens with one attached hydrogen (secondary N) is 1. The topological polar surface area (TPSA) is 78.7 Å². The van der Waals surface area contributed by atoms with Crippen LogP contribution in [0.1, 0.15) is 36.0 Å². The summed E-state index contributed by atoms with van der Waals surface area (Å²) in [5.41, 5.74) is 9.33. The van der Waals surface area contributed by atoms with Gasteiger partial charge in [0.25, 0.3) is 0 Å². The van der Waals surface area contributed by atoms with Crippen LogP contribution in [0.15, 0.2) is 18.2 Å². The molecule has 0 aliphatic carbocycles. The van der Waals surface area contributed by atoms with Gasteiger partial charge in [0.1, 0.15) is 12.1 Å². The molecule has 1 aromatic rings. The summed E-state index contributed by atoms with van der Waals surface area (Å²) >= 11 is 0. The lowest BCUT2D eigenvalue weighted by Gasteiger charge is -2.45. The van der Waals surface area contributed by atoms with E-state index in [9.17, 15) is 9.59 Å². The highest BCUT2D eigenvalue weighted by Crippen LogP contribution is 2.21. The van der Waals surface area contributed by atoms with E-state index >= 15 is 0 Å². The second-order valence-corrected chi connectivity index (χ2v) is 7.56. The molecule has 2 aliphatic heterocycles. The molecule has 142 valence electrons. The van der Waals surface area contributed by atoms with E-state index < -0.39 is 0 Å². The highest BCUT2D eigenvalue weighted by atomic mass is 16.2. The monoisotopic (exact) mass is 358 g/mol. The Labute approximate surface area is 155 Å².